The Bertz CT molecular complexity index is 1130. The van der Waals surface area contributed by atoms with E-state index >= 15 is 0 Å². The number of aromatic nitrogens is 4. The summed E-state index contributed by atoms with van der Waals surface area (Å²) in [7, 11) is 0. The van der Waals surface area contributed by atoms with Gasteiger partial charge in [0.15, 0.2) is 0 Å². The van der Waals surface area contributed by atoms with Crippen LogP contribution in [0, 0.1) is 5.82 Å². The van der Waals surface area contributed by atoms with Gasteiger partial charge in [0.1, 0.15) is 11.5 Å². The molecule has 0 spiro atoms. The van der Waals surface area contributed by atoms with Gasteiger partial charge in [0.05, 0.1) is 23.7 Å². The average Bonchev–Trinajstić information content (AvgIpc) is 3.13. The molecule has 0 fully saturated rings. The number of imidazole rings is 1. The number of anilines is 1. The van der Waals surface area contributed by atoms with E-state index in [4.69, 9.17) is 10.1 Å². The smallest absolute Gasteiger partial charge is 0.223 e. The predicted molar refractivity (Wildman–Crippen MR) is 108 cm³/mol. The first-order valence-corrected chi connectivity index (χ1v) is 9.25. The van der Waals surface area contributed by atoms with Gasteiger partial charge in [0.25, 0.3) is 0 Å². The van der Waals surface area contributed by atoms with Gasteiger partial charge in [-0.2, -0.15) is 0 Å². The van der Waals surface area contributed by atoms with Gasteiger partial charge < -0.3 is 15.5 Å². The summed E-state index contributed by atoms with van der Waals surface area (Å²) in [5, 5.41) is 21.5. The number of aliphatic hydroxyl groups excluding tert-OH is 2. The molecule has 0 amide bonds. The summed E-state index contributed by atoms with van der Waals surface area (Å²) >= 11 is 0. The Kier molecular flexibility index (Phi) is 5.46. The number of pyridine rings is 1. The van der Waals surface area contributed by atoms with Crippen LogP contribution >= 0.6 is 0 Å². The normalized spacial score (nSPS) is 11.1. The monoisotopic (exact) mass is 393 g/mol. The van der Waals surface area contributed by atoms with Crippen molar-refractivity contribution in [3.63, 3.8) is 0 Å². The standard InChI is InChI=1S/C21H20FN5O2/c22-16-4-2-15(3-5-16)19-20(27-10-7-14(13-29)12-18(27)26-19)17-6-9-24-21(25-17)23-8-1-11-28/h2-7,9-10,12,28-29H,1,8,11,13H2,(H,23,24,25). The van der Waals surface area contributed by atoms with Crippen LogP contribution in [0.5, 0.6) is 0 Å². The van der Waals surface area contributed by atoms with Crippen molar-refractivity contribution in [2.24, 2.45) is 0 Å². The summed E-state index contributed by atoms with van der Waals surface area (Å²) in [6.07, 6.45) is 4.07. The maximum atomic E-state index is 13.4. The fraction of sp³-hybridized carbons (Fsp3) is 0.190. The lowest BCUT2D eigenvalue weighted by atomic mass is 10.1. The van der Waals surface area contributed by atoms with E-state index in [1.807, 2.05) is 16.7 Å². The number of halogens is 1. The van der Waals surface area contributed by atoms with E-state index in [1.54, 1.807) is 30.5 Å². The van der Waals surface area contributed by atoms with Gasteiger partial charge in [-0.15, -0.1) is 0 Å². The summed E-state index contributed by atoms with van der Waals surface area (Å²) < 4.78 is 15.3. The Hall–Kier alpha value is -3.36. The lowest BCUT2D eigenvalue weighted by molar-refractivity contribution is 0.282. The molecule has 7 nitrogen and oxygen atoms in total. The molecule has 0 saturated carbocycles. The molecule has 4 rings (SSSR count). The largest absolute Gasteiger partial charge is 0.396 e. The number of benzene rings is 1. The topological polar surface area (TPSA) is 95.6 Å². The van der Waals surface area contributed by atoms with Gasteiger partial charge in [0, 0.05) is 31.1 Å². The Morgan fingerprint density at radius 2 is 1.86 bits per heavy atom. The highest BCUT2D eigenvalue weighted by Crippen LogP contribution is 2.32. The molecule has 3 heterocycles. The predicted octanol–water partition coefficient (Wildman–Crippen LogP) is 2.88. The first-order valence-electron chi connectivity index (χ1n) is 9.25. The first-order chi connectivity index (χ1) is 14.2. The number of nitrogens with one attached hydrogen (secondary N) is 1. The third kappa shape index (κ3) is 3.94. The van der Waals surface area contributed by atoms with Crippen molar-refractivity contribution in [3.05, 3.63) is 66.2 Å². The first kappa shape index (κ1) is 19.0. The van der Waals surface area contributed by atoms with E-state index in [2.05, 4.69) is 15.3 Å². The second-order valence-corrected chi connectivity index (χ2v) is 6.51. The van der Waals surface area contributed by atoms with Crippen LogP contribution in [0.3, 0.4) is 0 Å². The van der Waals surface area contributed by atoms with Crippen LogP contribution in [0.25, 0.3) is 28.3 Å². The van der Waals surface area contributed by atoms with Crippen molar-refractivity contribution in [2.75, 3.05) is 18.5 Å². The van der Waals surface area contributed by atoms with Crippen molar-refractivity contribution >= 4 is 11.6 Å². The quantitative estimate of drug-likeness (QED) is 0.418. The minimum Gasteiger partial charge on any atom is -0.396 e. The van der Waals surface area contributed by atoms with E-state index in [-0.39, 0.29) is 19.0 Å². The summed E-state index contributed by atoms with van der Waals surface area (Å²) in [6, 6.07) is 11.5. The van der Waals surface area contributed by atoms with Crippen LogP contribution in [0.15, 0.2) is 54.9 Å². The van der Waals surface area contributed by atoms with Gasteiger partial charge in [0.2, 0.25) is 5.95 Å². The molecule has 3 N–H and O–H groups in total. The number of hydrogen-bond acceptors (Lipinski definition) is 6. The van der Waals surface area contributed by atoms with Crippen LogP contribution in [-0.4, -0.2) is 42.7 Å². The molecule has 3 aromatic heterocycles. The van der Waals surface area contributed by atoms with Gasteiger partial charge in [-0.3, -0.25) is 4.40 Å². The Morgan fingerprint density at radius 1 is 1.03 bits per heavy atom. The second-order valence-electron chi connectivity index (χ2n) is 6.51. The maximum Gasteiger partial charge on any atom is 0.223 e. The molecule has 0 unspecified atom stereocenters. The zero-order chi connectivity index (χ0) is 20.2. The van der Waals surface area contributed by atoms with Gasteiger partial charge in [-0.1, -0.05) is 0 Å². The molecule has 1 aromatic carbocycles. The maximum absolute atomic E-state index is 13.4. The van der Waals surface area contributed by atoms with E-state index in [1.165, 1.54) is 12.1 Å². The number of nitrogens with zero attached hydrogens (tertiary/aromatic N) is 4. The average molecular weight is 393 g/mol. The third-order valence-corrected chi connectivity index (χ3v) is 4.51. The van der Waals surface area contributed by atoms with E-state index < -0.39 is 0 Å². The van der Waals surface area contributed by atoms with Gasteiger partial charge >= 0.3 is 0 Å². The van der Waals surface area contributed by atoms with E-state index in [0.717, 1.165) is 16.8 Å². The molecule has 0 aliphatic rings. The highest BCUT2D eigenvalue weighted by atomic mass is 19.1. The summed E-state index contributed by atoms with van der Waals surface area (Å²) in [5.41, 5.74) is 4.19. The van der Waals surface area contributed by atoms with Crippen LogP contribution in [0.4, 0.5) is 10.3 Å². The molecule has 0 saturated heterocycles. The zero-order valence-electron chi connectivity index (χ0n) is 15.6. The Balaban J connectivity index is 1.86. The van der Waals surface area contributed by atoms with Crippen LogP contribution in [0.1, 0.15) is 12.0 Å². The SMILES string of the molecule is OCCCNc1nccc(-c2c(-c3ccc(F)cc3)nc3cc(CO)ccn23)n1. The highest BCUT2D eigenvalue weighted by molar-refractivity contribution is 5.80. The summed E-state index contributed by atoms with van der Waals surface area (Å²) in [6.45, 7) is 0.552. The lowest BCUT2D eigenvalue weighted by Crippen LogP contribution is -2.07. The van der Waals surface area contributed by atoms with Crippen molar-refractivity contribution in [1.29, 1.82) is 0 Å². The van der Waals surface area contributed by atoms with Crippen LogP contribution < -0.4 is 5.32 Å². The Morgan fingerprint density at radius 3 is 2.62 bits per heavy atom. The van der Waals surface area contributed by atoms with E-state index in [0.29, 0.717) is 35.9 Å². The molecular weight excluding hydrogens is 373 g/mol. The van der Waals surface area contributed by atoms with Crippen molar-refractivity contribution in [2.45, 2.75) is 13.0 Å². The fourth-order valence-corrected chi connectivity index (χ4v) is 3.09. The molecule has 29 heavy (non-hydrogen) atoms. The van der Waals surface area contributed by atoms with Crippen molar-refractivity contribution in [3.8, 4) is 22.6 Å². The lowest BCUT2D eigenvalue weighted by Gasteiger charge is -2.08. The molecule has 0 bridgehead atoms. The molecule has 0 aliphatic heterocycles. The van der Waals surface area contributed by atoms with Gasteiger partial charge in [-0.25, -0.2) is 19.3 Å². The number of hydrogen-bond donors (Lipinski definition) is 3. The van der Waals surface area contributed by atoms with Crippen molar-refractivity contribution < 1.29 is 14.6 Å². The fourth-order valence-electron chi connectivity index (χ4n) is 3.09. The second kappa shape index (κ2) is 8.34. The number of fused-ring (bicyclic) bond motifs is 1. The Labute approximate surface area is 166 Å². The molecule has 0 radical (unpaired) electrons. The minimum absolute atomic E-state index is 0.0852. The zero-order valence-corrected chi connectivity index (χ0v) is 15.6. The number of rotatable bonds is 7. The highest BCUT2D eigenvalue weighted by Gasteiger charge is 2.18. The minimum atomic E-state index is -0.320. The summed E-state index contributed by atoms with van der Waals surface area (Å²) in [5.74, 6) is 0.127. The molecule has 0 aliphatic carbocycles. The molecule has 148 valence electrons. The number of aliphatic hydroxyl groups is 2. The van der Waals surface area contributed by atoms with Crippen LogP contribution in [-0.2, 0) is 6.61 Å². The van der Waals surface area contributed by atoms with Gasteiger partial charge in [-0.05, 0) is 54.4 Å². The third-order valence-electron chi connectivity index (χ3n) is 4.51. The summed E-state index contributed by atoms with van der Waals surface area (Å²) in [4.78, 5) is 13.5. The van der Waals surface area contributed by atoms with Crippen molar-refractivity contribution in [1.82, 2.24) is 19.4 Å². The molecular formula is C21H20FN5O2. The van der Waals surface area contributed by atoms with E-state index in [9.17, 15) is 9.50 Å². The van der Waals surface area contributed by atoms with Crippen LogP contribution in [0.2, 0.25) is 0 Å². The molecule has 4 aromatic rings. The molecule has 8 heteroatoms. The molecule has 0 atom stereocenters.